The minimum absolute atomic E-state index is 0.0517. The first-order chi connectivity index (χ1) is 6.36. The highest BCUT2D eigenvalue weighted by Crippen LogP contribution is 2.10. The SMILES string of the molecule is CC(C)C(C)CNC(=O)C(S)C(C)C. The minimum atomic E-state index is -0.186. The molecule has 3 heteroatoms. The van der Waals surface area contributed by atoms with Gasteiger partial charge in [0, 0.05) is 6.54 Å². The van der Waals surface area contributed by atoms with Crippen LogP contribution in [0.4, 0.5) is 0 Å². The van der Waals surface area contributed by atoms with Crippen molar-refractivity contribution in [1.29, 1.82) is 0 Å². The summed E-state index contributed by atoms with van der Waals surface area (Å²) in [4.78, 5) is 11.5. The lowest BCUT2D eigenvalue weighted by Crippen LogP contribution is -2.37. The highest BCUT2D eigenvalue weighted by Gasteiger charge is 2.18. The number of hydrogen-bond acceptors (Lipinski definition) is 2. The highest BCUT2D eigenvalue weighted by atomic mass is 32.1. The van der Waals surface area contributed by atoms with Crippen LogP contribution in [0.2, 0.25) is 0 Å². The van der Waals surface area contributed by atoms with Crippen molar-refractivity contribution in [3.05, 3.63) is 0 Å². The molecule has 0 rings (SSSR count). The molecular weight excluding hydrogens is 194 g/mol. The summed E-state index contributed by atoms with van der Waals surface area (Å²) in [5.41, 5.74) is 0. The molecule has 0 heterocycles. The quantitative estimate of drug-likeness (QED) is 0.680. The van der Waals surface area contributed by atoms with Gasteiger partial charge in [-0.25, -0.2) is 0 Å². The average Bonchev–Trinajstić information content (AvgIpc) is 2.11. The summed E-state index contributed by atoms with van der Waals surface area (Å²) in [6, 6.07) is 0. The molecule has 0 saturated heterocycles. The molecule has 0 spiro atoms. The van der Waals surface area contributed by atoms with Gasteiger partial charge >= 0.3 is 0 Å². The third-order valence-corrected chi connectivity index (χ3v) is 3.47. The Balaban J connectivity index is 3.85. The first-order valence-corrected chi connectivity index (χ1v) is 5.83. The fourth-order valence-electron chi connectivity index (χ4n) is 0.905. The fourth-order valence-corrected chi connectivity index (χ4v) is 0.996. The van der Waals surface area contributed by atoms with Gasteiger partial charge in [-0.2, -0.15) is 12.6 Å². The lowest BCUT2D eigenvalue weighted by atomic mass is 9.98. The van der Waals surface area contributed by atoms with E-state index >= 15 is 0 Å². The fraction of sp³-hybridized carbons (Fsp3) is 0.909. The largest absolute Gasteiger partial charge is 0.355 e. The molecule has 2 unspecified atom stereocenters. The zero-order valence-electron chi connectivity index (χ0n) is 9.87. The van der Waals surface area contributed by atoms with Gasteiger partial charge in [0.25, 0.3) is 0 Å². The van der Waals surface area contributed by atoms with Gasteiger partial charge in [0.1, 0.15) is 0 Å². The van der Waals surface area contributed by atoms with Gasteiger partial charge in [-0.3, -0.25) is 4.79 Å². The van der Waals surface area contributed by atoms with Crippen LogP contribution >= 0.6 is 12.6 Å². The summed E-state index contributed by atoms with van der Waals surface area (Å²) in [6.07, 6.45) is 0. The van der Waals surface area contributed by atoms with Gasteiger partial charge in [-0.05, 0) is 17.8 Å². The average molecular weight is 217 g/mol. The van der Waals surface area contributed by atoms with Crippen LogP contribution in [0.1, 0.15) is 34.6 Å². The molecule has 0 fully saturated rings. The van der Waals surface area contributed by atoms with Crippen molar-refractivity contribution in [3.63, 3.8) is 0 Å². The first-order valence-electron chi connectivity index (χ1n) is 5.32. The lowest BCUT2D eigenvalue weighted by Gasteiger charge is -2.19. The standard InChI is InChI=1S/C11H23NOS/c1-7(2)9(5)6-12-11(13)10(14)8(3)4/h7-10,14H,6H2,1-5H3,(H,12,13). The van der Waals surface area contributed by atoms with Crippen LogP contribution in [-0.2, 0) is 4.79 Å². The van der Waals surface area contributed by atoms with Gasteiger partial charge in [0.2, 0.25) is 5.91 Å². The van der Waals surface area contributed by atoms with Crippen LogP contribution in [-0.4, -0.2) is 17.7 Å². The first kappa shape index (κ1) is 13.8. The summed E-state index contributed by atoms with van der Waals surface area (Å²) in [5, 5.41) is 2.74. The molecule has 0 aromatic rings. The van der Waals surface area contributed by atoms with E-state index < -0.39 is 0 Å². The number of carbonyl (C=O) groups is 1. The molecule has 0 radical (unpaired) electrons. The molecule has 1 N–H and O–H groups in total. The summed E-state index contributed by atoms with van der Waals surface area (Å²) in [5.74, 6) is 1.46. The predicted octanol–water partition coefficient (Wildman–Crippen LogP) is 2.35. The number of rotatable bonds is 5. The second kappa shape index (κ2) is 6.33. The number of carbonyl (C=O) groups excluding carboxylic acids is 1. The zero-order valence-corrected chi connectivity index (χ0v) is 10.8. The Morgan fingerprint density at radius 1 is 1.14 bits per heavy atom. The molecule has 1 amide bonds. The van der Waals surface area contributed by atoms with E-state index in [1.807, 2.05) is 13.8 Å². The summed E-state index contributed by atoms with van der Waals surface area (Å²) < 4.78 is 0. The maximum atomic E-state index is 11.5. The predicted molar refractivity (Wildman–Crippen MR) is 64.6 cm³/mol. The summed E-state index contributed by atoms with van der Waals surface area (Å²) >= 11 is 4.26. The van der Waals surface area contributed by atoms with E-state index in [-0.39, 0.29) is 17.1 Å². The van der Waals surface area contributed by atoms with Crippen LogP contribution in [0, 0.1) is 17.8 Å². The molecule has 84 valence electrons. The third-order valence-electron chi connectivity index (χ3n) is 2.64. The van der Waals surface area contributed by atoms with Gasteiger partial charge in [-0.15, -0.1) is 0 Å². The zero-order chi connectivity index (χ0) is 11.3. The van der Waals surface area contributed by atoms with Crippen molar-refractivity contribution in [2.45, 2.75) is 39.9 Å². The van der Waals surface area contributed by atoms with E-state index in [1.165, 1.54) is 0 Å². The normalized spacial score (nSPS) is 15.7. The van der Waals surface area contributed by atoms with Gasteiger partial charge < -0.3 is 5.32 Å². The Hall–Kier alpha value is -0.180. The minimum Gasteiger partial charge on any atom is -0.355 e. The number of nitrogens with one attached hydrogen (secondary N) is 1. The van der Waals surface area contributed by atoms with Crippen LogP contribution in [0.3, 0.4) is 0 Å². The number of hydrogen-bond donors (Lipinski definition) is 2. The molecule has 0 bridgehead atoms. The van der Waals surface area contributed by atoms with Crippen LogP contribution in [0.25, 0.3) is 0 Å². The van der Waals surface area contributed by atoms with Crippen molar-refractivity contribution >= 4 is 18.5 Å². The second-order valence-electron chi connectivity index (χ2n) is 4.66. The van der Waals surface area contributed by atoms with Crippen molar-refractivity contribution < 1.29 is 4.79 Å². The van der Waals surface area contributed by atoms with Crippen molar-refractivity contribution in [1.82, 2.24) is 5.32 Å². The van der Waals surface area contributed by atoms with Crippen molar-refractivity contribution in [3.8, 4) is 0 Å². The summed E-state index contributed by atoms with van der Waals surface area (Å²) in [6.45, 7) is 11.2. The van der Waals surface area contributed by atoms with Crippen LogP contribution in [0.15, 0.2) is 0 Å². The number of thiol groups is 1. The van der Waals surface area contributed by atoms with E-state index in [9.17, 15) is 4.79 Å². The topological polar surface area (TPSA) is 29.1 Å². The molecule has 0 aromatic carbocycles. The van der Waals surface area contributed by atoms with Crippen LogP contribution < -0.4 is 5.32 Å². The van der Waals surface area contributed by atoms with Gasteiger partial charge in [-0.1, -0.05) is 34.6 Å². The molecule has 0 saturated carbocycles. The molecule has 14 heavy (non-hydrogen) atoms. The molecule has 2 atom stereocenters. The van der Waals surface area contributed by atoms with E-state index in [4.69, 9.17) is 0 Å². The molecule has 0 aliphatic carbocycles. The smallest absolute Gasteiger partial charge is 0.233 e. The Labute approximate surface area is 93.3 Å². The molecule has 0 aliphatic rings. The molecule has 0 aliphatic heterocycles. The monoisotopic (exact) mass is 217 g/mol. The lowest BCUT2D eigenvalue weighted by molar-refractivity contribution is -0.121. The number of amides is 1. The highest BCUT2D eigenvalue weighted by molar-refractivity contribution is 7.81. The van der Waals surface area contributed by atoms with Crippen LogP contribution in [0.5, 0.6) is 0 Å². The van der Waals surface area contributed by atoms with E-state index in [2.05, 4.69) is 38.7 Å². The second-order valence-corrected chi connectivity index (χ2v) is 5.21. The maximum Gasteiger partial charge on any atom is 0.233 e. The Kier molecular flexibility index (Phi) is 6.25. The van der Waals surface area contributed by atoms with Crippen molar-refractivity contribution in [2.75, 3.05) is 6.54 Å². The molecule has 0 aromatic heterocycles. The van der Waals surface area contributed by atoms with Gasteiger partial charge in [0.15, 0.2) is 0 Å². The van der Waals surface area contributed by atoms with Crippen molar-refractivity contribution in [2.24, 2.45) is 17.8 Å². The Morgan fingerprint density at radius 2 is 1.64 bits per heavy atom. The van der Waals surface area contributed by atoms with Gasteiger partial charge in [0.05, 0.1) is 5.25 Å². The van der Waals surface area contributed by atoms with E-state index in [0.29, 0.717) is 11.8 Å². The molecule has 2 nitrogen and oxygen atoms in total. The molecular formula is C11H23NOS. The van der Waals surface area contributed by atoms with E-state index in [0.717, 1.165) is 6.54 Å². The Bertz CT molecular complexity index is 180. The summed E-state index contributed by atoms with van der Waals surface area (Å²) in [7, 11) is 0. The third kappa shape index (κ3) is 4.89. The Morgan fingerprint density at radius 3 is 2.00 bits per heavy atom. The van der Waals surface area contributed by atoms with E-state index in [1.54, 1.807) is 0 Å². The maximum absolute atomic E-state index is 11.5.